The number of para-hydroxylation sites is 1. The van der Waals surface area contributed by atoms with E-state index in [1.165, 1.54) is 0 Å². The summed E-state index contributed by atoms with van der Waals surface area (Å²) in [6.45, 7) is 1.15. The van der Waals surface area contributed by atoms with Crippen LogP contribution >= 0.6 is 0 Å². The number of ether oxygens (including phenoxy) is 1. The van der Waals surface area contributed by atoms with E-state index in [0.29, 0.717) is 36.1 Å². The third-order valence-electron chi connectivity index (χ3n) is 5.26. The number of carbonyl (C=O) groups is 1. The lowest BCUT2D eigenvalue weighted by atomic mass is 10.1. The van der Waals surface area contributed by atoms with Crippen LogP contribution in [0.3, 0.4) is 0 Å². The molecule has 2 heterocycles. The van der Waals surface area contributed by atoms with Crippen molar-refractivity contribution in [3.8, 4) is 11.4 Å². The van der Waals surface area contributed by atoms with E-state index in [0.717, 1.165) is 24.2 Å². The summed E-state index contributed by atoms with van der Waals surface area (Å²) < 4.78 is 9.52. The second kappa shape index (κ2) is 8.47. The van der Waals surface area contributed by atoms with Crippen molar-refractivity contribution in [1.29, 1.82) is 0 Å². The van der Waals surface area contributed by atoms with Crippen LogP contribution in [0.1, 0.15) is 34.8 Å². The highest BCUT2D eigenvalue weighted by atomic mass is 16.5. The van der Waals surface area contributed by atoms with Crippen molar-refractivity contribution in [1.82, 2.24) is 19.6 Å². The summed E-state index contributed by atoms with van der Waals surface area (Å²) in [7, 11) is 0. The average Bonchev–Trinajstić information content (AvgIpc) is 3.31. The third-order valence-corrected chi connectivity index (χ3v) is 5.26. The van der Waals surface area contributed by atoms with Crippen LogP contribution in [0.4, 0.5) is 5.69 Å². The number of anilines is 1. The monoisotopic (exact) mass is 413 g/mol. The molecule has 1 amide bonds. The predicted molar refractivity (Wildman–Crippen MR) is 118 cm³/mol. The fourth-order valence-electron chi connectivity index (χ4n) is 3.61. The van der Waals surface area contributed by atoms with Crippen molar-refractivity contribution in [2.75, 3.05) is 11.9 Å². The minimum Gasteiger partial charge on any atom is -0.492 e. The second-order valence-electron chi connectivity index (χ2n) is 7.56. The van der Waals surface area contributed by atoms with Gasteiger partial charge in [-0.25, -0.2) is 4.68 Å². The third kappa shape index (κ3) is 4.35. The first kappa shape index (κ1) is 19.1. The maximum atomic E-state index is 13.1. The topological polar surface area (TPSA) is 74.0 Å². The summed E-state index contributed by atoms with van der Waals surface area (Å²) in [5.41, 5.74) is 3.26. The molecule has 156 valence electrons. The number of amides is 1. The number of nitrogens with one attached hydrogen (secondary N) is 1. The van der Waals surface area contributed by atoms with Crippen molar-refractivity contribution in [3.63, 3.8) is 0 Å². The summed E-state index contributed by atoms with van der Waals surface area (Å²) in [6, 6.07) is 19.3. The Balaban J connectivity index is 1.30. The van der Waals surface area contributed by atoms with Crippen molar-refractivity contribution < 1.29 is 9.53 Å². The van der Waals surface area contributed by atoms with E-state index in [2.05, 4.69) is 15.5 Å². The van der Waals surface area contributed by atoms with Gasteiger partial charge in [-0.1, -0.05) is 24.3 Å². The molecule has 7 heteroatoms. The first-order chi connectivity index (χ1) is 15.3. The van der Waals surface area contributed by atoms with E-state index in [9.17, 15) is 4.79 Å². The highest BCUT2D eigenvalue weighted by Gasteiger charge is 2.32. The average molecular weight is 413 g/mol. The van der Waals surface area contributed by atoms with Gasteiger partial charge in [0.2, 0.25) is 0 Å². The summed E-state index contributed by atoms with van der Waals surface area (Å²) in [5, 5.41) is 11.7. The Morgan fingerprint density at radius 2 is 1.94 bits per heavy atom. The normalized spacial score (nSPS) is 13.2. The fourth-order valence-corrected chi connectivity index (χ4v) is 3.61. The van der Waals surface area contributed by atoms with Gasteiger partial charge in [0, 0.05) is 30.1 Å². The summed E-state index contributed by atoms with van der Waals surface area (Å²) in [5.74, 6) is 0.922. The molecule has 1 aliphatic rings. The van der Waals surface area contributed by atoms with Gasteiger partial charge < -0.3 is 10.1 Å². The first-order valence-corrected chi connectivity index (χ1v) is 10.4. The van der Waals surface area contributed by atoms with E-state index in [4.69, 9.17) is 4.74 Å². The molecule has 0 radical (unpaired) electrons. The molecule has 2 aromatic carbocycles. The number of nitrogens with zero attached hydrogens (tertiary/aromatic N) is 4. The zero-order valence-corrected chi connectivity index (χ0v) is 17.0. The van der Waals surface area contributed by atoms with Crippen LogP contribution in [0.25, 0.3) is 5.69 Å². The van der Waals surface area contributed by atoms with E-state index in [-0.39, 0.29) is 5.91 Å². The van der Waals surface area contributed by atoms with Gasteiger partial charge in [0.05, 0.1) is 29.7 Å². The molecule has 31 heavy (non-hydrogen) atoms. The molecule has 0 unspecified atom stereocenters. The molecule has 0 bridgehead atoms. The Labute approximate surface area is 180 Å². The lowest BCUT2D eigenvalue weighted by Gasteiger charge is -2.11. The Bertz CT molecular complexity index is 1160. The largest absolute Gasteiger partial charge is 0.492 e. The molecule has 0 aliphatic heterocycles. The van der Waals surface area contributed by atoms with E-state index < -0.39 is 0 Å². The van der Waals surface area contributed by atoms with Gasteiger partial charge >= 0.3 is 0 Å². The molecule has 4 aromatic rings. The van der Waals surface area contributed by atoms with Crippen molar-refractivity contribution in [3.05, 3.63) is 90.5 Å². The summed E-state index contributed by atoms with van der Waals surface area (Å²) in [4.78, 5) is 13.1. The number of hydrogen-bond acceptors (Lipinski definition) is 4. The highest BCUT2D eigenvalue weighted by Crippen LogP contribution is 2.42. The number of benzene rings is 2. The minimum atomic E-state index is -0.155. The van der Waals surface area contributed by atoms with Crippen LogP contribution < -0.4 is 10.1 Å². The zero-order chi connectivity index (χ0) is 21.0. The molecule has 5 rings (SSSR count). The minimum absolute atomic E-state index is 0.155. The SMILES string of the molecule is O=C(Nc1cccc(OCCn2cccn2)c1)c1cnn(-c2ccccc2)c1C1CC1. The number of hydrogen-bond donors (Lipinski definition) is 1. The highest BCUT2D eigenvalue weighted by molar-refractivity contribution is 6.05. The second-order valence-corrected chi connectivity index (χ2v) is 7.56. The van der Waals surface area contributed by atoms with Crippen molar-refractivity contribution in [2.45, 2.75) is 25.3 Å². The van der Waals surface area contributed by atoms with Crippen LogP contribution in [0, 0.1) is 0 Å². The van der Waals surface area contributed by atoms with Gasteiger partial charge in [-0.15, -0.1) is 0 Å². The van der Waals surface area contributed by atoms with Gasteiger partial charge in [-0.3, -0.25) is 9.48 Å². The van der Waals surface area contributed by atoms with Crippen LogP contribution in [-0.2, 0) is 6.54 Å². The zero-order valence-electron chi connectivity index (χ0n) is 17.0. The van der Waals surface area contributed by atoms with Gasteiger partial charge in [0.25, 0.3) is 5.91 Å². The molecule has 0 atom stereocenters. The van der Waals surface area contributed by atoms with Crippen LogP contribution in [-0.4, -0.2) is 32.1 Å². The molecule has 0 spiro atoms. The van der Waals surface area contributed by atoms with Crippen molar-refractivity contribution >= 4 is 11.6 Å². The Morgan fingerprint density at radius 3 is 2.71 bits per heavy atom. The van der Waals surface area contributed by atoms with Gasteiger partial charge in [-0.05, 0) is 43.2 Å². The predicted octanol–water partition coefficient (Wildman–Crippen LogP) is 4.28. The summed E-state index contributed by atoms with van der Waals surface area (Å²) in [6.07, 6.45) is 7.47. The maximum absolute atomic E-state index is 13.1. The first-order valence-electron chi connectivity index (χ1n) is 10.4. The quantitative estimate of drug-likeness (QED) is 0.468. The lowest BCUT2D eigenvalue weighted by Crippen LogP contribution is -2.14. The molecular formula is C24H23N5O2. The number of aromatic nitrogens is 4. The van der Waals surface area contributed by atoms with Crippen molar-refractivity contribution in [2.24, 2.45) is 0 Å². The Morgan fingerprint density at radius 1 is 1.06 bits per heavy atom. The maximum Gasteiger partial charge on any atom is 0.259 e. The van der Waals surface area contributed by atoms with Crippen LogP contribution in [0.15, 0.2) is 79.3 Å². The van der Waals surface area contributed by atoms with Crippen LogP contribution in [0.2, 0.25) is 0 Å². The lowest BCUT2D eigenvalue weighted by molar-refractivity contribution is 0.102. The Kier molecular flexibility index (Phi) is 5.22. The van der Waals surface area contributed by atoms with Gasteiger partial charge in [0.1, 0.15) is 12.4 Å². The van der Waals surface area contributed by atoms with Gasteiger partial charge in [0.15, 0.2) is 0 Å². The Hall–Kier alpha value is -3.87. The molecule has 7 nitrogen and oxygen atoms in total. The van der Waals surface area contributed by atoms with E-state index >= 15 is 0 Å². The molecule has 1 fully saturated rings. The number of carbonyl (C=O) groups excluding carboxylic acids is 1. The summed E-state index contributed by atoms with van der Waals surface area (Å²) >= 11 is 0. The molecule has 0 saturated heterocycles. The fraction of sp³-hybridized carbons (Fsp3) is 0.208. The smallest absolute Gasteiger partial charge is 0.259 e. The molecular weight excluding hydrogens is 390 g/mol. The molecule has 1 N–H and O–H groups in total. The molecule has 2 aromatic heterocycles. The molecule has 1 saturated carbocycles. The van der Waals surface area contributed by atoms with E-state index in [1.54, 1.807) is 12.4 Å². The molecule has 1 aliphatic carbocycles. The van der Waals surface area contributed by atoms with Gasteiger partial charge in [-0.2, -0.15) is 10.2 Å². The number of rotatable bonds is 8. The standard InChI is InChI=1S/C24H23N5O2/c30-24(22-17-26-29(23(22)18-10-11-18)20-7-2-1-3-8-20)27-19-6-4-9-21(16-19)31-15-14-28-13-5-12-25-28/h1-9,12-13,16-18H,10-11,14-15H2,(H,27,30). The van der Waals surface area contributed by atoms with Crippen LogP contribution in [0.5, 0.6) is 5.75 Å². The van der Waals surface area contributed by atoms with E-state index in [1.807, 2.05) is 76.2 Å².